The minimum atomic E-state index is -0.381. The molecule has 0 saturated carbocycles. The first-order valence-electron chi connectivity index (χ1n) is 9.83. The summed E-state index contributed by atoms with van der Waals surface area (Å²) in [7, 11) is 0. The van der Waals surface area contributed by atoms with Crippen LogP contribution in [0.25, 0.3) is 11.0 Å². The Kier molecular flexibility index (Phi) is 6.57. The molecule has 164 valence electrons. The molecule has 0 spiro atoms. The van der Waals surface area contributed by atoms with Crippen molar-refractivity contribution < 1.29 is 9.18 Å². The van der Waals surface area contributed by atoms with Crippen molar-refractivity contribution in [2.45, 2.75) is 25.2 Å². The van der Waals surface area contributed by atoms with Gasteiger partial charge in [-0.3, -0.25) is 18.8 Å². The Labute approximate surface area is 192 Å². The van der Waals surface area contributed by atoms with Gasteiger partial charge in [-0.15, -0.1) is 0 Å². The van der Waals surface area contributed by atoms with Crippen LogP contribution in [0.1, 0.15) is 12.5 Å². The van der Waals surface area contributed by atoms with Gasteiger partial charge in [0.1, 0.15) is 11.3 Å². The summed E-state index contributed by atoms with van der Waals surface area (Å²) in [6.07, 6.45) is 1.71. The molecular weight excluding hydrogens is 453 g/mol. The van der Waals surface area contributed by atoms with Crippen LogP contribution in [0, 0.1) is 5.82 Å². The molecule has 0 fully saturated rings. The second-order valence-electron chi connectivity index (χ2n) is 6.97. The molecule has 0 saturated heterocycles. The van der Waals surface area contributed by atoms with Gasteiger partial charge in [0.05, 0.1) is 18.5 Å². The van der Waals surface area contributed by atoms with Crippen LogP contribution < -0.4 is 10.9 Å². The van der Waals surface area contributed by atoms with E-state index in [0.717, 1.165) is 17.3 Å². The van der Waals surface area contributed by atoms with E-state index in [1.807, 2.05) is 19.1 Å². The molecule has 0 aliphatic heterocycles. The predicted octanol–water partition coefficient (Wildman–Crippen LogP) is 4.18. The van der Waals surface area contributed by atoms with E-state index in [1.54, 1.807) is 23.0 Å². The van der Waals surface area contributed by atoms with E-state index < -0.39 is 0 Å². The number of rotatable bonds is 7. The van der Waals surface area contributed by atoms with Crippen molar-refractivity contribution in [1.29, 1.82) is 0 Å². The van der Waals surface area contributed by atoms with Gasteiger partial charge in [-0.2, -0.15) is 5.10 Å². The van der Waals surface area contributed by atoms with E-state index in [2.05, 4.69) is 15.4 Å². The molecule has 0 radical (unpaired) electrons. The molecule has 0 unspecified atom stereocenters. The summed E-state index contributed by atoms with van der Waals surface area (Å²) in [6, 6.07) is 12.7. The summed E-state index contributed by atoms with van der Waals surface area (Å²) in [5, 5.41) is 8.04. The van der Waals surface area contributed by atoms with Gasteiger partial charge in [0.2, 0.25) is 5.91 Å². The maximum atomic E-state index is 13.2. The zero-order chi connectivity index (χ0) is 22.7. The molecular formula is C22H19ClFN5O2S. The third-order valence-corrected chi connectivity index (χ3v) is 5.90. The van der Waals surface area contributed by atoms with Crippen LogP contribution in [0.15, 0.2) is 64.7 Å². The van der Waals surface area contributed by atoms with Crippen LogP contribution in [0.2, 0.25) is 5.02 Å². The van der Waals surface area contributed by atoms with Crippen LogP contribution in [-0.4, -0.2) is 31.0 Å². The quantitative estimate of drug-likeness (QED) is 0.323. The molecule has 7 nitrogen and oxygen atoms in total. The zero-order valence-corrected chi connectivity index (χ0v) is 18.7. The number of halogens is 2. The maximum Gasteiger partial charge on any atom is 0.282 e. The smallest absolute Gasteiger partial charge is 0.282 e. The average molecular weight is 472 g/mol. The van der Waals surface area contributed by atoms with Gasteiger partial charge >= 0.3 is 0 Å². The molecule has 1 N–H and O–H groups in total. The second-order valence-corrected chi connectivity index (χ2v) is 8.35. The number of hydrogen-bond acceptors (Lipinski definition) is 5. The van der Waals surface area contributed by atoms with E-state index in [0.29, 0.717) is 27.9 Å². The number of nitrogens with one attached hydrogen (secondary N) is 1. The first-order chi connectivity index (χ1) is 15.4. The molecule has 0 bridgehead atoms. The highest BCUT2D eigenvalue weighted by Gasteiger charge is 2.16. The van der Waals surface area contributed by atoms with Crippen molar-refractivity contribution in [1.82, 2.24) is 19.3 Å². The number of fused-ring (bicyclic) bond motifs is 1. The Morgan fingerprint density at radius 3 is 2.56 bits per heavy atom. The highest BCUT2D eigenvalue weighted by atomic mass is 35.5. The fourth-order valence-corrected chi connectivity index (χ4v) is 3.99. The molecule has 0 aliphatic rings. The van der Waals surface area contributed by atoms with Gasteiger partial charge in [0, 0.05) is 17.3 Å². The van der Waals surface area contributed by atoms with Crippen molar-refractivity contribution in [2.24, 2.45) is 0 Å². The Hall–Kier alpha value is -3.17. The lowest BCUT2D eigenvalue weighted by molar-refractivity contribution is -0.113. The fraction of sp³-hybridized carbons (Fsp3) is 0.182. The van der Waals surface area contributed by atoms with Gasteiger partial charge in [-0.05, 0) is 48.9 Å². The van der Waals surface area contributed by atoms with Gasteiger partial charge in [-0.25, -0.2) is 9.37 Å². The van der Waals surface area contributed by atoms with Crippen LogP contribution in [0.3, 0.4) is 0 Å². The van der Waals surface area contributed by atoms with Crippen molar-refractivity contribution >= 4 is 46.0 Å². The van der Waals surface area contributed by atoms with Crippen LogP contribution in [0.5, 0.6) is 0 Å². The van der Waals surface area contributed by atoms with E-state index in [1.165, 1.54) is 28.8 Å². The number of carbonyl (C=O) groups excluding carboxylic acids is 1. The Bertz CT molecular complexity index is 1320. The molecule has 0 atom stereocenters. The third kappa shape index (κ3) is 5.00. The summed E-state index contributed by atoms with van der Waals surface area (Å²) in [5.41, 5.74) is 1.83. The topological polar surface area (TPSA) is 81.8 Å². The minimum Gasteiger partial charge on any atom is -0.325 e. The number of hydrogen-bond donors (Lipinski definition) is 1. The standard InChI is InChI=1S/C22H19ClFN5O2S/c1-2-28-12-18-20(27-28)21(31)29(11-14-3-5-15(23)6-4-14)22(26-18)32-13-19(30)25-17-9-7-16(24)8-10-17/h3-10,12H,2,11,13H2,1H3,(H,25,30). The summed E-state index contributed by atoms with van der Waals surface area (Å²) in [5.74, 6) is -0.648. The minimum absolute atomic E-state index is 0.0257. The van der Waals surface area contributed by atoms with Crippen molar-refractivity contribution in [3.8, 4) is 0 Å². The molecule has 2 aromatic carbocycles. The molecule has 2 heterocycles. The molecule has 10 heteroatoms. The van der Waals surface area contributed by atoms with E-state index in [4.69, 9.17) is 11.6 Å². The first-order valence-corrected chi connectivity index (χ1v) is 11.2. The van der Waals surface area contributed by atoms with Crippen LogP contribution in [-0.2, 0) is 17.9 Å². The monoisotopic (exact) mass is 471 g/mol. The maximum absolute atomic E-state index is 13.2. The molecule has 4 rings (SSSR count). The summed E-state index contributed by atoms with van der Waals surface area (Å²) in [6.45, 7) is 2.79. The predicted molar refractivity (Wildman–Crippen MR) is 124 cm³/mol. The van der Waals surface area contributed by atoms with Crippen molar-refractivity contribution in [3.05, 3.63) is 81.5 Å². The van der Waals surface area contributed by atoms with Crippen LogP contribution in [0.4, 0.5) is 10.1 Å². The average Bonchev–Trinajstić information content (AvgIpc) is 3.21. The second kappa shape index (κ2) is 9.54. The Morgan fingerprint density at radius 1 is 1.16 bits per heavy atom. The lowest BCUT2D eigenvalue weighted by Gasteiger charge is -2.12. The van der Waals surface area contributed by atoms with Crippen molar-refractivity contribution in [2.75, 3.05) is 11.1 Å². The summed E-state index contributed by atoms with van der Waals surface area (Å²) in [4.78, 5) is 30.2. The number of nitrogens with zero attached hydrogens (tertiary/aromatic N) is 4. The number of aromatic nitrogens is 4. The largest absolute Gasteiger partial charge is 0.325 e. The highest BCUT2D eigenvalue weighted by Crippen LogP contribution is 2.20. The normalized spacial score (nSPS) is 11.1. The number of carbonyl (C=O) groups is 1. The third-order valence-electron chi connectivity index (χ3n) is 4.68. The summed E-state index contributed by atoms with van der Waals surface area (Å²) >= 11 is 7.12. The molecule has 32 heavy (non-hydrogen) atoms. The number of benzene rings is 2. The lowest BCUT2D eigenvalue weighted by atomic mass is 10.2. The molecule has 4 aromatic rings. The van der Waals surface area contributed by atoms with Gasteiger partial charge < -0.3 is 5.32 Å². The van der Waals surface area contributed by atoms with Gasteiger partial charge in [0.15, 0.2) is 10.7 Å². The SMILES string of the molecule is CCn1cc2nc(SCC(=O)Nc3ccc(F)cc3)n(Cc3ccc(Cl)cc3)c(=O)c2n1. The first kappa shape index (κ1) is 22.0. The number of anilines is 1. The van der Waals surface area contributed by atoms with Gasteiger partial charge in [0.25, 0.3) is 5.56 Å². The highest BCUT2D eigenvalue weighted by molar-refractivity contribution is 7.99. The molecule has 1 amide bonds. The van der Waals surface area contributed by atoms with Gasteiger partial charge in [-0.1, -0.05) is 35.5 Å². The molecule has 0 aliphatic carbocycles. The number of amides is 1. The molecule has 2 aromatic heterocycles. The fourth-order valence-electron chi connectivity index (χ4n) is 3.07. The number of thioether (sulfide) groups is 1. The Morgan fingerprint density at radius 2 is 1.88 bits per heavy atom. The Balaban J connectivity index is 1.61. The van der Waals surface area contributed by atoms with Crippen LogP contribution >= 0.6 is 23.4 Å². The number of aryl methyl sites for hydroxylation is 1. The zero-order valence-electron chi connectivity index (χ0n) is 17.1. The lowest BCUT2D eigenvalue weighted by Crippen LogP contribution is -2.25. The summed E-state index contributed by atoms with van der Waals surface area (Å²) < 4.78 is 16.2. The van der Waals surface area contributed by atoms with E-state index >= 15 is 0 Å². The van der Waals surface area contributed by atoms with E-state index in [-0.39, 0.29) is 35.1 Å². The van der Waals surface area contributed by atoms with Crippen molar-refractivity contribution in [3.63, 3.8) is 0 Å². The van der Waals surface area contributed by atoms with E-state index in [9.17, 15) is 14.0 Å².